The molecular weight excluding hydrogens is 348 g/mol. The van der Waals surface area contributed by atoms with E-state index in [2.05, 4.69) is 13.8 Å². The van der Waals surface area contributed by atoms with Crippen LogP contribution in [0.2, 0.25) is 0 Å². The van der Waals surface area contributed by atoms with Gasteiger partial charge in [-0.15, -0.1) is 0 Å². The van der Waals surface area contributed by atoms with Gasteiger partial charge in [0.2, 0.25) is 0 Å². The van der Waals surface area contributed by atoms with Crippen molar-refractivity contribution in [2.75, 3.05) is 0 Å². The number of aldehydes is 1. The Labute approximate surface area is 162 Å². The van der Waals surface area contributed by atoms with Crippen LogP contribution in [-0.2, 0) is 14.3 Å². The van der Waals surface area contributed by atoms with Crippen molar-refractivity contribution in [2.45, 2.75) is 91.1 Å². The normalized spacial score (nSPS) is 40.2. The largest absolute Gasteiger partial charge is 0.463 e. The number of carbonyl (C=O) groups is 2. The molecule has 5 atom stereocenters. The highest BCUT2D eigenvalue weighted by molar-refractivity contribution is 6.32. The Morgan fingerprint density at radius 1 is 1.27 bits per heavy atom. The van der Waals surface area contributed by atoms with Gasteiger partial charge in [0.15, 0.2) is 0 Å². The minimum Gasteiger partial charge on any atom is -0.463 e. The van der Waals surface area contributed by atoms with E-state index in [1.807, 2.05) is 0 Å². The first kappa shape index (κ1) is 19.9. The van der Waals surface area contributed by atoms with Crippen LogP contribution in [0.4, 0.5) is 0 Å². The second kappa shape index (κ2) is 7.66. The number of allylic oxidation sites excluding steroid dienone is 2. The van der Waals surface area contributed by atoms with Crippen LogP contribution in [0.25, 0.3) is 0 Å². The van der Waals surface area contributed by atoms with E-state index in [1.54, 1.807) is 0 Å². The lowest BCUT2D eigenvalue weighted by molar-refractivity contribution is -0.153. The summed E-state index contributed by atoms with van der Waals surface area (Å²) in [5.74, 6) is 1.22. The van der Waals surface area contributed by atoms with Gasteiger partial charge in [-0.1, -0.05) is 31.9 Å². The number of hydrogen-bond donors (Lipinski definition) is 0. The van der Waals surface area contributed by atoms with Gasteiger partial charge in [-0.3, -0.25) is 9.59 Å². The smallest absolute Gasteiger partial charge is 0.302 e. The standard InChI is InChI=1S/C22H33ClO3/c1-15(25)26-19-9-12-22(3)17(5-4-6-18(22)13-19)8-11-21(2)10-7-16(14-24)20(21)23/h14,17-19H,4-13H2,1-3H3. The number of hydrogen-bond acceptors (Lipinski definition) is 3. The molecule has 2 fully saturated rings. The van der Waals surface area contributed by atoms with Gasteiger partial charge in [0.25, 0.3) is 0 Å². The van der Waals surface area contributed by atoms with E-state index in [-0.39, 0.29) is 17.5 Å². The fourth-order valence-corrected chi connectivity index (χ4v) is 6.31. The summed E-state index contributed by atoms with van der Waals surface area (Å²) in [6.45, 7) is 6.22. The van der Waals surface area contributed by atoms with Crippen LogP contribution in [0, 0.1) is 22.7 Å². The van der Waals surface area contributed by atoms with Gasteiger partial charge in [0, 0.05) is 22.9 Å². The van der Waals surface area contributed by atoms with Crippen LogP contribution in [0.15, 0.2) is 10.6 Å². The summed E-state index contributed by atoms with van der Waals surface area (Å²) < 4.78 is 5.52. The predicted molar refractivity (Wildman–Crippen MR) is 104 cm³/mol. The molecule has 3 nitrogen and oxygen atoms in total. The molecule has 5 unspecified atom stereocenters. The molecule has 0 saturated heterocycles. The molecule has 146 valence electrons. The fourth-order valence-electron chi connectivity index (χ4n) is 5.98. The summed E-state index contributed by atoms with van der Waals surface area (Å²) in [5, 5.41) is 0.809. The molecule has 3 aliphatic carbocycles. The summed E-state index contributed by atoms with van der Waals surface area (Å²) in [6.07, 6.45) is 12.2. The number of esters is 1. The van der Waals surface area contributed by atoms with Crippen LogP contribution in [0.3, 0.4) is 0 Å². The fraction of sp³-hybridized carbons (Fsp3) is 0.818. The maximum atomic E-state index is 11.3. The summed E-state index contributed by atoms with van der Waals surface area (Å²) in [6, 6.07) is 0. The van der Waals surface area contributed by atoms with Crippen molar-refractivity contribution < 1.29 is 14.3 Å². The summed E-state index contributed by atoms with van der Waals surface area (Å²) in [4.78, 5) is 22.5. The lowest BCUT2D eigenvalue weighted by Gasteiger charge is -2.52. The molecule has 3 rings (SSSR count). The minimum atomic E-state index is -0.146. The highest BCUT2D eigenvalue weighted by Crippen LogP contribution is 2.57. The molecule has 26 heavy (non-hydrogen) atoms. The Morgan fingerprint density at radius 3 is 2.69 bits per heavy atom. The van der Waals surface area contributed by atoms with Crippen molar-refractivity contribution in [2.24, 2.45) is 22.7 Å². The second-order valence-corrected chi connectivity index (χ2v) is 9.77. The molecular formula is C22H33ClO3. The van der Waals surface area contributed by atoms with Crippen molar-refractivity contribution in [3.63, 3.8) is 0 Å². The third kappa shape index (κ3) is 3.74. The van der Waals surface area contributed by atoms with Crippen molar-refractivity contribution in [1.82, 2.24) is 0 Å². The molecule has 0 spiro atoms. The summed E-state index contributed by atoms with van der Waals surface area (Å²) >= 11 is 6.54. The van der Waals surface area contributed by atoms with Gasteiger partial charge >= 0.3 is 5.97 Å². The number of rotatable bonds is 5. The van der Waals surface area contributed by atoms with Gasteiger partial charge in [0.05, 0.1) is 0 Å². The van der Waals surface area contributed by atoms with E-state index in [0.717, 1.165) is 55.4 Å². The number of fused-ring (bicyclic) bond motifs is 1. The van der Waals surface area contributed by atoms with Crippen molar-refractivity contribution in [1.29, 1.82) is 0 Å². The number of halogens is 1. The molecule has 4 heteroatoms. The molecule has 0 aliphatic heterocycles. The monoisotopic (exact) mass is 380 g/mol. The second-order valence-electron chi connectivity index (χ2n) is 9.39. The van der Waals surface area contributed by atoms with Crippen LogP contribution in [-0.4, -0.2) is 18.4 Å². The lowest BCUT2D eigenvalue weighted by atomic mass is 9.54. The number of carbonyl (C=O) groups excluding carboxylic acids is 2. The third-order valence-electron chi connectivity index (χ3n) is 7.80. The quantitative estimate of drug-likeness (QED) is 0.447. The van der Waals surface area contributed by atoms with Gasteiger partial charge in [-0.05, 0) is 75.0 Å². The Morgan fingerprint density at radius 2 is 2.04 bits per heavy atom. The predicted octanol–water partition coefficient (Wildman–Crippen LogP) is 5.80. The van der Waals surface area contributed by atoms with Crippen molar-refractivity contribution >= 4 is 23.9 Å². The molecule has 2 saturated carbocycles. The van der Waals surface area contributed by atoms with Crippen molar-refractivity contribution in [3.05, 3.63) is 10.6 Å². The molecule has 0 aromatic rings. The SMILES string of the molecule is CC(=O)OC1CCC2(C)C(CCC3(C)CCC(C=O)=C3Cl)CCCC2C1. The van der Waals surface area contributed by atoms with E-state index >= 15 is 0 Å². The Hall–Kier alpha value is -0.830. The Bertz CT molecular complexity index is 598. The lowest BCUT2D eigenvalue weighted by Crippen LogP contribution is -2.45. The first-order valence-corrected chi connectivity index (χ1v) is 10.7. The first-order chi connectivity index (χ1) is 12.3. The minimum absolute atomic E-state index is 0.0178. The van der Waals surface area contributed by atoms with Gasteiger partial charge in [0.1, 0.15) is 12.4 Å². The molecule has 0 N–H and O–H groups in total. The molecule has 0 radical (unpaired) electrons. The summed E-state index contributed by atoms with van der Waals surface area (Å²) in [5.41, 5.74) is 1.15. The molecule has 0 heterocycles. The molecule has 0 amide bonds. The number of ether oxygens (including phenoxy) is 1. The maximum Gasteiger partial charge on any atom is 0.302 e. The van der Waals surface area contributed by atoms with Crippen LogP contribution in [0.5, 0.6) is 0 Å². The van der Waals surface area contributed by atoms with E-state index in [0.29, 0.717) is 17.3 Å². The van der Waals surface area contributed by atoms with Gasteiger partial charge in [-0.25, -0.2) is 0 Å². The topological polar surface area (TPSA) is 43.4 Å². The zero-order valence-electron chi connectivity index (χ0n) is 16.5. The maximum absolute atomic E-state index is 11.3. The van der Waals surface area contributed by atoms with E-state index in [9.17, 15) is 9.59 Å². The Kier molecular flexibility index (Phi) is 5.86. The van der Waals surface area contributed by atoms with Crippen LogP contribution < -0.4 is 0 Å². The van der Waals surface area contributed by atoms with Crippen LogP contribution in [0.1, 0.15) is 85.0 Å². The highest BCUT2D eigenvalue weighted by Gasteiger charge is 2.48. The molecule has 0 aromatic heterocycles. The average Bonchev–Trinajstić information content (AvgIpc) is 2.88. The third-order valence-corrected chi connectivity index (χ3v) is 8.50. The Balaban J connectivity index is 1.65. The average molecular weight is 381 g/mol. The zero-order valence-corrected chi connectivity index (χ0v) is 17.2. The summed E-state index contributed by atoms with van der Waals surface area (Å²) in [7, 11) is 0. The highest BCUT2D eigenvalue weighted by atomic mass is 35.5. The molecule has 0 aromatic carbocycles. The molecule has 0 bridgehead atoms. The van der Waals surface area contributed by atoms with E-state index in [1.165, 1.54) is 32.6 Å². The van der Waals surface area contributed by atoms with E-state index in [4.69, 9.17) is 16.3 Å². The first-order valence-electron chi connectivity index (χ1n) is 10.3. The van der Waals surface area contributed by atoms with Crippen LogP contribution >= 0.6 is 11.6 Å². The van der Waals surface area contributed by atoms with Gasteiger partial charge in [-0.2, -0.15) is 0 Å². The van der Waals surface area contributed by atoms with E-state index < -0.39 is 0 Å². The van der Waals surface area contributed by atoms with Crippen molar-refractivity contribution in [3.8, 4) is 0 Å². The van der Waals surface area contributed by atoms with Gasteiger partial charge < -0.3 is 4.74 Å². The molecule has 3 aliphatic rings. The zero-order chi connectivity index (χ0) is 18.9.